The Morgan fingerprint density at radius 1 is 1.82 bits per heavy atom. The van der Waals surface area contributed by atoms with Gasteiger partial charge in [-0.05, 0) is 12.3 Å². The number of carboxylic acids is 1. The first-order chi connectivity index (χ1) is 5.04. The van der Waals surface area contributed by atoms with E-state index in [0.717, 1.165) is 5.70 Å². The highest BCUT2D eigenvalue weighted by Gasteiger charge is 2.34. The molecule has 2 atom stereocenters. The van der Waals surface area contributed by atoms with Crippen molar-refractivity contribution >= 4 is 5.97 Å². The van der Waals surface area contributed by atoms with Crippen LogP contribution in [-0.4, -0.2) is 29.1 Å². The van der Waals surface area contributed by atoms with Gasteiger partial charge in [-0.1, -0.05) is 13.5 Å². The highest BCUT2D eigenvalue weighted by atomic mass is 16.4. The topological polar surface area (TPSA) is 40.5 Å². The maximum atomic E-state index is 10.6. The summed E-state index contributed by atoms with van der Waals surface area (Å²) in [6.45, 7) is 5.81. The van der Waals surface area contributed by atoms with Gasteiger partial charge in [0.25, 0.3) is 0 Å². The van der Waals surface area contributed by atoms with Crippen LogP contribution in [0.5, 0.6) is 0 Å². The second kappa shape index (κ2) is 2.57. The van der Waals surface area contributed by atoms with Crippen LogP contribution in [0, 0.1) is 5.92 Å². The second-order valence-corrected chi connectivity index (χ2v) is 3.09. The van der Waals surface area contributed by atoms with E-state index in [1.54, 1.807) is 11.9 Å². The summed E-state index contributed by atoms with van der Waals surface area (Å²) >= 11 is 0. The minimum absolute atomic E-state index is 0.307. The number of aliphatic carboxylic acids is 1. The van der Waals surface area contributed by atoms with Crippen molar-refractivity contribution in [3.63, 3.8) is 0 Å². The van der Waals surface area contributed by atoms with Crippen molar-refractivity contribution in [3.05, 3.63) is 12.3 Å². The average molecular weight is 155 g/mol. The molecule has 11 heavy (non-hydrogen) atoms. The van der Waals surface area contributed by atoms with Crippen molar-refractivity contribution in [2.24, 2.45) is 5.92 Å². The number of carbonyl (C=O) groups is 1. The quantitative estimate of drug-likeness (QED) is 0.612. The van der Waals surface area contributed by atoms with Gasteiger partial charge in [-0.3, -0.25) is 0 Å². The van der Waals surface area contributed by atoms with E-state index in [4.69, 9.17) is 5.11 Å². The molecule has 0 spiro atoms. The van der Waals surface area contributed by atoms with Crippen molar-refractivity contribution in [1.82, 2.24) is 4.90 Å². The lowest BCUT2D eigenvalue weighted by Crippen LogP contribution is -2.31. The third kappa shape index (κ3) is 1.23. The van der Waals surface area contributed by atoms with Crippen molar-refractivity contribution in [2.75, 3.05) is 7.05 Å². The molecule has 0 aromatic carbocycles. The highest BCUT2D eigenvalue weighted by Crippen LogP contribution is 2.29. The number of likely N-dealkylation sites (tertiary alicyclic amines) is 1. The first kappa shape index (κ1) is 8.11. The van der Waals surface area contributed by atoms with E-state index in [2.05, 4.69) is 6.58 Å². The summed E-state index contributed by atoms with van der Waals surface area (Å²) in [5, 5.41) is 8.74. The first-order valence-electron chi connectivity index (χ1n) is 3.68. The van der Waals surface area contributed by atoms with Gasteiger partial charge in [0.15, 0.2) is 0 Å². The average Bonchev–Trinajstić information content (AvgIpc) is 2.17. The van der Waals surface area contributed by atoms with Crippen LogP contribution < -0.4 is 0 Å². The fraction of sp³-hybridized carbons (Fsp3) is 0.625. The zero-order valence-electron chi connectivity index (χ0n) is 6.87. The Bertz CT molecular complexity index is 200. The molecular weight excluding hydrogens is 142 g/mol. The molecule has 0 radical (unpaired) electrons. The fourth-order valence-electron chi connectivity index (χ4n) is 1.44. The van der Waals surface area contributed by atoms with Crippen LogP contribution in [0.2, 0.25) is 0 Å². The lowest BCUT2D eigenvalue weighted by Gasteiger charge is -2.18. The van der Waals surface area contributed by atoms with Gasteiger partial charge < -0.3 is 10.0 Å². The Hall–Kier alpha value is -0.990. The van der Waals surface area contributed by atoms with Gasteiger partial charge in [0.05, 0.1) is 0 Å². The van der Waals surface area contributed by atoms with Gasteiger partial charge >= 0.3 is 5.97 Å². The predicted octanol–water partition coefficient (Wildman–Crippen LogP) is 0.925. The summed E-state index contributed by atoms with van der Waals surface area (Å²) in [7, 11) is 1.78. The zero-order chi connectivity index (χ0) is 8.59. The standard InChI is InChI=1S/C8H13NO2/c1-5-4-7(8(10)11)9(3)6(5)2/h5,7H,2,4H2,1,3H3,(H,10,11). The van der Waals surface area contributed by atoms with E-state index in [-0.39, 0.29) is 6.04 Å². The molecule has 2 unspecified atom stereocenters. The molecular formula is C8H13NO2. The Morgan fingerprint density at radius 3 is 2.55 bits per heavy atom. The number of hydrogen-bond donors (Lipinski definition) is 1. The molecule has 0 saturated carbocycles. The maximum absolute atomic E-state index is 10.6. The number of carboxylic acid groups (broad SMARTS) is 1. The Morgan fingerprint density at radius 2 is 2.36 bits per heavy atom. The van der Waals surface area contributed by atoms with Gasteiger partial charge in [0.1, 0.15) is 6.04 Å². The summed E-state index contributed by atoms with van der Waals surface area (Å²) in [4.78, 5) is 12.4. The van der Waals surface area contributed by atoms with Crippen LogP contribution in [0.15, 0.2) is 12.3 Å². The predicted molar refractivity (Wildman–Crippen MR) is 42.1 cm³/mol. The minimum atomic E-state index is -0.752. The molecule has 3 nitrogen and oxygen atoms in total. The van der Waals surface area contributed by atoms with Gasteiger partial charge in [0.2, 0.25) is 0 Å². The van der Waals surface area contributed by atoms with Crippen LogP contribution in [0.25, 0.3) is 0 Å². The van der Waals surface area contributed by atoms with Gasteiger partial charge in [0, 0.05) is 12.7 Å². The Labute approximate surface area is 66.3 Å². The first-order valence-corrected chi connectivity index (χ1v) is 3.68. The van der Waals surface area contributed by atoms with Crippen LogP contribution in [0.4, 0.5) is 0 Å². The van der Waals surface area contributed by atoms with Gasteiger partial charge in [-0.15, -0.1) is 0 Å². The molecule has 1 heterocycles. The smallest absolute Gasteiger partial charge is 0.326 e. The molecule has 3 heteroatoms. The second-order valence-electron chi connectivity index (χ2n) is 3.09. The van der Waals surface area contributed by atoms with Crippen LogP contribution in [0.1, 0.15) is 13.3 Å². The van der Waals surface area contributed by atoms with Crippen LogP contribution >= 0.6 is 0 Å². The number of nitrogens with zero attached hydrogens (tertiary/aromatic N) is 1. The summed E-state index contributed by atoms with van der Waals surface area (Å²) in [6.07, 6.45) is 0.685. The lowest BCUT2D eigenvalue weighted by atomic mass is 10.1. The van der Waals surface area contributed by atoms with E-state index >= 15 is 0 Å². The Balaban J connectivity index is 2.75. The largest absolute Gasteiger partial charge is 0.480 e. The molecule has 1 saturated heterocycles. The fourth-order valence-corrected chi connectivity index (χ4v) is 1.44. The third-order valence-corrected chi connectivity index (χ3v) is 2.35. The molecule has 1 rings (SSSR count). The highest BCUT2D eigenvalue weighted by molar-refractivity contribution is 5.74. The van der Waals surface area contributed by atoms with Crippen LogP contribution in [0.3, 0.4) is 0 Å². The molecule has 0 aromatic rings. The summed E-state index contributed by atoms with van der Waals surface area (Å²) in [6, 6.07) is -0.363. The molecule has 62 valence electrons. The van der Waals surface area contributed by atoms with Crippen LogP contribution in [-0.2, 0) is 4.79 Å². The molecule has 1 fully saturated rings. The zero-order valence-corrected chi connectivity index (χ0v) is 6.87. The lowest BCUT2D eigenvalue weighted by molar-refractivity contribution is -0.141. The van der Waals surface area contributed by atoms with Crippen molar-refractivity contribution in [3.8, 4) is 0 Å². The molecule has 0 amide bonds. The van der Waals surface area contributed by atoms with E-state index in [1.165, 1.54) is 0 Å². The molecule has 1 aliphatic rings. The molecule has 1 N–H and O–H groups in total. The van der Waals surface area contributed by atoms with Crippen molar-refractivity contribution in [2.45, 2.75) is 19.4 Å². The summed E-state index contributed by atoms with van der Waals surface area (Å²) < 4.78 is 0. The third-order valence-electron chi connectivity index (χ3n) is 2.35. The normalized spacial score (nSPS) is 31.1. The molecule has 1 aliphatic heterocycles. The summed E-state index contributed by atoms with van der Waals surface area (Å²) in [5.74, 6) is -0.445. The molecule has 0 aromatic heterocycles. The van der Waals surface area contributed by atoms with E-state index < -0.39 is 5.97 Å². The Kier molecular flexibility index (Phi) is 1.89. The van der Waals surface area contributed by atoms with Gasteiger partial charge in [-0.25, -0.2) is 4.79 Å². The number of hydrogen-bond acceptors (Lipinski definition) is 2. The van der Waals surface area contributed by atoms with E-state index in [0.29, 0.717) is 12.3 Å². The van der Waals surface area contributed by atoms with E-state index in [9.17, 15) is 4.79 Å². The monoisotopic (exact) mass is 155 g/mol. The van der Waals surface area contributed by atoms with Crippen molar-refractivity contribution < 1.29 is 9.90 Å². The maximum Gasteiger partial charge on any atom is 0.326 e. The SMILES string of the molecule is C=C1C(C)CC(C(=O)O)N1C. The van der Waals surface area contributed by atoms with Crippen molar-refractivity contribution in [1.29, 1.82) is 0 Å². The van der Waals surface area contributed by atoms with E-state index in [1.807, 2.05) is 6.92 Å². The number of rotatable bonds is 1. The number of likely N-dealkylation sites (N-methyl/N-ethyl adjacent to an activating group) is 1. The van der Waals surface area contributed by atoms with Gasteiger partial charge in [-0.2, -0.15) is 0 Å². The number of allylic oxidation sites excluding steroid dienone is 1. The molecule has 0 bridgehead atoms. The molecule has 0 aliphatic carbocycles. The minimum Gasteiger partial charge on any atom is -0.480 e. The summed E-state index contributed by atoms with van der Waals surface area (Å²) in [5.41, 5.74) is 0.928.